The highest BCUT2D eigenvalue weighted by Gasteiger charge is 2.41. The van der Waals surface area contributed by atoms with E-state index in [2.05, 4.69) is 17.4 Å². The van der Waals surface area contributed by atoms with Gasteiger partial charge in [-0.05, 0) is 44.8 Å². The van der Waals surface area contributed by atoms with Crippen molar-refractivity contribution in [3.63, 3.8) is 0 Å². The van der Waals surface area contributed by atoms with Gasteiger partial charge in [0.05, 0.1) is 0 Å². The third-order valence-corrected chi connectivity index (χ3v) is 4.37. The number of methoxy groups -OCH3 is 1. The molecule has 0 atom stereocenters. The van der Waals surface area contributed by atoms with Gasteiger partial charge < -0.3 is 15.0 Å². The molecule has 21 heavy (non-hydrogen) atoms. The smallest absolute Gasteiger partial charge is 0.254 e. The van der Waals surface area contributed by atoms with E-state index in [4.69, 9.17) is 4.74 Å². The van der Waals surface area contributed by atoms with Gasteiger partial charge in [0.25, 0.3) is 5.91 Å². The molecule has 1 aliphatic heterocycles. The maximum atomic E-state index is 12.9. The molecule has 1 N–H and O–H groups in total. The van der Waals surface area contributed by atoms with E-state index in [0.717, 1.165) is 45.4 Å². The summed E-state index contributed by atoms with van der Waals surface area (Å²) in [6.07, 6.45) is 2.40. The van der Waals surface area contributed by atoms with Crippen LogP contribution in [0.3, 0.4) is 0 Å². The minimum atomic E-state index is -0.627. The first-order chi connectivity index (χ1) is 10.2. The van der Waals surface area contributed by atoms with Gasteiger partial charge >= 0.3 is 0 Å². The van der Waals surface area contributed by atoms with Gasteiger partial charge in [-0.3, -0.25) is 4.79 Å². The highest BCUT2D eigenvalue weighted by Crippen LogP contribution is 2.25. The van der Waals surface area contributed by atoms with Crippen LogP contribution in [-0.4, -0.2) is 49.7 Å². The summed E-state index contributed by atoms with van der Waals surface area (Å²) in [7, 11) is 1.66. The lowest BCUT2D eigenvalue weighted by molar-refractivity contribution is -0.158. The van der Waals surface area contributed by atoms with Crippen molar-refractivity contribution >= 4 is 5.91 Å². The number of amides is 1. The van der Waals surface area contributed by atoms with Gasteiger partial charge in [-0.2, -0.15) is 0 Å². The maximum absolute atomic E-state index is 12.9. The lowest BCUT2D eigenvalue weighted by atomic mass is 9.90. The summed E-state index contributed by atoms with van der Waals surface area (Å²) in [6.45, 7) is 5.20. The maximum Gasteiger partial charge on any atom is 0.254 e. The molecule has 1 heterocycles. The molecular formula is C17H26N2O2. The van der Waals surface area contributed by atoms with Gasteiger partial charge in [0.15, 0.2) is 0 Å². The Morgan fingerprint density at radius 1 is 1.29 bits per heavy atom. The van der Waals surface area contributed by atoms with Crippen LogP contribution in [0.4, 0.5) is 0 Å². The molecule has 1 aromatic rings. The summed E-state index contributed by atoms with van der Waals surface area (Å²) in [4.78, 5) is 14.8. The molecule has 0 saturated carbocycles. The molecule has 1 amide bonds. The molecule has 2 rings (SSSR count). The lowest BCUT2D eigenvalue weighted by Gasteiger charge is -2.38. The van der Waals surface area contributed by atoms with E-state index in [0.29, 0.717) is 0 Å². The Labute approximate surface area is 127 Å². The van der Waals surface area contributed by atoms with E-state index < -0.39 is 5.60 Å². The molecule has 1 aliphatic rings. The first-order valence-electron chi connectivity index (χ1n) is 7.81. The quantitative estimate of drug-likeness (QED) is 0.869. The third kappa shape index (κ3) is 3.83. The molecule has 0 unspecified atom stereocenters. The van der Waals surface area contributed by atoms with E-state index in [1.165, 1.54) is 5.56 Å². The van der Waals surface area contributed by atoms with Crippen LogP contribution in [0.2, 0.25) is 0 Å². The minimum absolute atomic E-state index is 0.143. The van der Waals surface area contributed by atoms with Crippen LogP contribution in [0.25, 0.3) is 0 Å². The number of benzene rings is 1. The number of hydrogen-bond donors (Lipinski definition) is 1. The summed E-state index contributed by atoms with van der Waals surface area (Å²) >= 11 is 0. The van der Waals surface area contributed by atoms with Gasteiger partial charge in [0.1, 0.15) is 5.60 Å². The SMILES string of the molecule is CCN(CCc1ccccc1)C(=O)C1(OC)CCNCC1. The molecule has 116 valence electrons. The van der Waals surface area contributed by atoms with Crippen molar-refractivity contribution in [1.29, 1.82) is 0 Å². The number of likely N-dealkylation sites (N-methyl/N-ethyl adjacent to an activating group) is 1. The van der Waals surface area contributed by atoms with Crippen LogP contribution in [0, 0.1) is 0 Å². The number of nitrogens with one attached hydrogen (secondary N) is 1. The summed E-state index contributed by atoms with van der Waals surface area (Å²) in [5.74, 6) is 0.143. The number of nitrogens with zero attached hydrogens (tertiary/aromatic N) is 1. The Kier molecular flexibility index (Phi) is 5.76. The predicted octanol–water partition coefficient (Wildman–Crippen LogP) is 1.85. The molecule has 4 nitrogen and oxygen atoms in total. The second-order valence-electron chi connectivity index (χ2n) is 5.57. The van der Waals surface area contributed by atoms with Gasteiger partial charge in [-0.1, -0.05) is 30.3 Å². The lowest BCUT2D eigenvalue weighted by Crippen LogP contribution is -2.55. The molecule has 0 radical (unpaired) electrons. The topological polar surface area (TPSA) is 41.6 Å². The summed E-state index contributed by atoms with van der Waals surface area (Å²) in [5, 5.41) is 3.29. The van der Waals surface area contributed by atoms with Crippen LogP contribution in [0.5, 0.6) is 0 Å². The van der Waals surface area contributed by atoms with Crippen molar-refractivity contribution in [3.8, 4) is 0 Å². The van der Waals surface area contributed by atoms with Crippen LogP contribution >= 0.6 is 0 Å². The second-order valence-corrected chi connectivity index (χ2v) is 5.57. The van der Waals surface area contributed by atoms with Gasteiger partial charge in [0.2, 0.25) is 0 Å². The Bertz CT molecular complexity index is 441. The highest BCUT2D eigenvalue weighted by atomic mass is 16.5. The number of carbonyl (C=O) groups is 1. The van der Waals surface area contributed by atoms with Crippen LogP contribution in [0.1, 0.15) is 25.3 Å². The zero-order valence-corrected chi connectivity index (χ0v) is 13.1. The van der Waals surface area contributed by atoms with Crippen molar-refractivity contribution < 1.29 is 9.53 Å². The van der Waals surface area contributed by atoms with Crippen molar-refractivity contribution in [2.75, 3.05) is 33.3 Å². The number of hydrogen-bond acceptors (Lipinski definition) is 3. The van der Waals surface area contributed by atoms with Gasteiger partial charge in [-0.25, -0.2) is 0 Å². The monoisotopic (exact) mass is 290 g/mol. The Morgan fingerprint density at radius 3 is 2.52 bits per heavy atom. The molecule has 0 aromatic heterocycles. The zero-order chi connectivity index (χ0) is 15.1. The summed E-state index contributed by atoms with van der Waals surface area (Å²) in [5.41, 5.74) is 0.637. The number of piperidine rings is 1. The van der Waals surface area contributed by atoms with Crippen molar-refractivity contribution in [3.05, 3.63) is 35.9 Å². The fraction of sp³-hybridized carbons (Fsp3) is 0.588. The number of carbonyl (C=O) groups excluding carboxylic acids is 1. The van der Waals surface area contributed by atoms with E-state index >= 15 is 0 Å². The molecule has 0 spiro atoms. The molecule has 4 heteroatoms. The molecular weight excluding hydrogens is 264 g/mol. The van der Waals surface area contributed by atoms with Crippen LogP contribution < -0.4 is 5.32 Å². The molecule has 0 aliphatic carbocycles. The molecule has 1 fully saturated rings. The Hall–Kier alpha value is -1.39. The van der Waals surface area contributed by atoms with Crippen LogP contribution in [0.15, 0.2) is 30.3 Å². The highest BCUT2D eigenvalue weighted by molar-refractivity contribution is 5.85. The largest absolute Gasteiger partial charge is 0.368 e. The van der Waals surface area contributed by atoms with E-state index in [9.17, 15) is 4.79 Å². The van der Waals surface area contributed by atoms with E-state index in [1.807, 2.05) is 30.0 Å². The average Bonchev–Trinajstić information content (AvgIpc) is 2.56. The first-order valence-corrected chi connectivity index (χ1v) is 7.81. The number of rotatable bonds is 6. The molecule has 0 bridgehead atoms. The molecule has 1 aromatic carbocycles. The van der Waals surface area contributed by atoms with Gasteiger partial charge in [0, 0.05) is 20.2 Å². The standard InChI is InChI=1S/C17H26N2O2/c1-3-19(14-9-15-7-5-4-6-8-15)16(20)17(21-2)10-12-18-13-11-17/h4-8,18H,3,9-14H2,1-2H3. The Balaban J connectivity index is 2.00. The van der Waals surface area contributed by atoms with Crippen LogP contribution in [-0.2, 0) is 16.0 Å². The Morgan fingerprint density at radius 2 is 1.95 bits per heavy atom. The third-order valence-electron chi connectivity index (χ3n) is 4.37. The van der Waals surface area contributed by atoms with Crippen molar-refractivity contribution in [2.45, 2.75) is 31.8 Å². The zero-order valence-electron chi connectivity index (χ0n) is 13.1. The van der Waals surface area contributed by atoms with E-state index in [-0.39, 0.29) is 5.91 Å². The average molecular weight is 290 g/mol. The fourth-order valence-electron chi connectivity index (χ4n) is 2.94. The fourth-order valence-corrected chi connectivity index (χ4v) is 2.94. The number of ether oxygens (including phenoxy) is 1. The predicted molar refractivity (Wildman–Crippen MR) is 84.2 cm³/mol. The van der Waals surface area contributed by atoms with E-state index in [1.54, 1.807) is 7.11 Å². The van der Waals surface area contributed by atoms with Crippen molar-refractivity contribution in [2.24, 2.45) is 0 Å². The second kappa shape index (κ2) is 7.57. The van der Waals surface area contributed by atoms with Crippen molar-refractivity contribution in [1.82, 2.24) is 10.2 Å². The summed E-state index contributed by atoms with van der Waals surface area (Å²) < 4.78 is 5.64. The normalized spacial score (nSPS) is 17.4. The summed E-state index contributed by atoms with van der Waals surface area (Å²) in [6, 6.07) is 10.3. The molecule has 1 saturated heterocycles. The first kappa shape index (κ1) is 16.0. The minimum Gasteiger partial charge on any atom is -0.368 e. The van der Waals surface area contributed by atoms with Gasteiger partial charge in [-0.15, -0.1) is 0 Å².